The van der Waals surface area contributed by atoms with Crippen LogP contribution in [0.25, 0.3) is 11.0 Å². The lowest BCUT2D eigenvalue weighted by Gasteiger charge is -2.11. The molecule has 1 aliphatic rings. The number of hydrogen-bond acceptors (Lipinski definition) is 3. The summed E-state index contributed by atoms with van der Waals surface area (Å²) in [6.07, 6.45) is 0.210. The minimum absolute atomic E-state index is 0.124. The fourth-order valence-electron chi connectivity index (χ4n) is 3.18. The van der Waals surface area contributed by atoms with Gasteiger partial charge in [0.1, 0.15) is 5.82 Å². The Labute approximate surface area is 144 Å². The van der Waals surface area contributed by atoms with Gasteiger partial charge in [-0.15, -0.1) is 0 Å². The van der Waals surface area contributed by atoms with Crippen molar-refractivity contribution in [2.24, 2.45) is 0 Å². The summed E-state index contributed by atoms with van der Waals surface area (Å²) in [5, 5.41) is 5.72. The zero-order chi connectivity index (χ0) is 17.4. The van der Waals surface area contributed by atoms with Crippen molar-refractivity contribution in [3.63, 3.8) is 0 Å². The molecule has 0 saturated heterocycles. The maximum atomic E-state index is 12.3. The second kappa shape index (κ2) is 6.05. The van der Waals surface area contributed by atoms with Crippen molar-refractivity contribution in [1.82, 2.24) is 20.6 Å². The van der Waals surface area contributed by atoms with Gasteiger partial charge in [0, 0.05) is 5.56 Å². The highest BCUT2D eigenvalue weighted by Crippen LogP contribution is 2.27. The lowest BCUT2D eigenvalue weighted by atomic mass is 10.0. The number of amides is 2. The zero-order valence-electron chi connectivity index (χ0n) is 13.8. The number of nitrogens with zero attached hydrogens (tertiary/aromatic N) is 1. The lowest BCUT2D eigenvalue weighted by molar-refractivity contribution is -0.121. The number of rotatable bonds is 4. The summed E-state index contributed by atoms with van der Waals surface area (Å²) in [5.74, 6) is 0.463. The second-order valence-electron chi connectivity index (χ2n) is 6.30. The van der Waals surface area contributed by atoms with Crippen molar-refractivity contribution in [2.75, 3.05) is 0 Å². The molecule has 1 aliphatic heterocycles. The molecule has 0 radical (unpaired) electrons. The summed E-state index contributed by atoms with van der Waals surface area (Å²) in [6.45, 7) is 2.35. The van der Waals surface area contributed by atoms with Crippen LogP contribution >= 0.6 is 0 Å². The summed E-state index contributed by atoms with van der Waals surface area (Å²) in [6, 6.07) is 13.1. The van der Waals surface area contributed by atoms with E-state index in [2.05, 4.69) is 20.6 Å². The van der Waals surface area contributed by atoms with Gasteiger partial charge in [0.15, 0.2) is 0 Å². The summed E-state index contributed by atoms with van der Waals surface area (Å²) >= 11 is 0. The van der Waals surface area contributed by atoms with Crippen molar-refractivity contribution >= 4 is 22.8 Å². The van der Waals surface area contributed by atoms with E-state index in [9.17, 15) is 9.59 Å². The van der Waals surface area contributed by atoms with Crippen LogP contribution in [0.3, 0.4) is 0 Å². The van der Waals surface area contributed by atoms with Crippen molar-refractivity contribution in [3.05, 3.63) is 65.0 Å². The number of nitrogens with one attached hydrogen (secondary N) is 3. The van der Waals surface area contributed by atoms with Crippen molar-refractivity contribution in [2.45, 2.75) is 25.9 Å². The molecule has 3 aromatic rings. The molecule has 25 heavy (non-hydrogen) atoms. The third-order valence-corrected chi connectivity index (χ3v) is 4.42. The van der Waals surface area contributed by atoms with Crippen molar-refractivity contribution in [1.29, 1.82) is 0 Å². The minimum atomic E-state index is -0.276. The Morgan fingerprint density at radius 1 is 1.24 bits per heavy atom. The highest BCUT2D eigenvalue weighted by Gasteiger charge is 2.29. The predicted molar refractivity (Wildman–Crippen MR) is 93.9 cm³/mol. The number of aryl methyl sites for hydroxylation is 1. The molecule has 4 rings (SSSR count). The fourth-order valence-corrected chi connectivity index (χ4v) is 3.18. The predicted octanol–water partition coefficient (Wildman–Crippen LogP) is 2.36. The molecule has 0 fully saturated rings. The number of fused-ring (bicyclic) bond motifs is 2. The number of imidazole rings is 1. The number of carbonyl (C=O) groups excluding carboxylic acids is 2. The maximum absolute atomic E-state index is 12.3. The van der Waals surface area contributed by atoms with Gasteiger partial charge in [-0.3, -0.25) is 9.59 Å². The summed E-state index contributed by atoms with van der Waals surface area (Å²) in [7, 11) is 0. The first-order valence-electron chi connectivity index (χ1n) is 8.22. The molecule has 0 spiro atoms. The third-order valence-electron chi connectivity index (χ3n) is 4.42. The van der Waals surface area contributed by atoms with Gasteiger partial charge in [-0.1, -0.05) is 24.3 Å². The van der Waals surface area contributed by atoms with Crippen LogP contribution in [0.4, 0.5) is 0 Å². The lowest BCUT2D eigenvalue weighted by Crippen LogP contribution is -2.29. The summed E-state index contributed by atoms with van der Waals surface area (Å²) < 4.78 is 0. The third kappa shape index (κ3) is 2.98. The summed E-state index contributed by atoms with van der Waals surface area (Å²) in [4.78, 5) is 31.8. The SMILES string of the molecule is Cc1ccc2nc(CNC(=O)C[C@H]3NC(=O)c4ccccc43)[nH]c2c1. The second-order valence-corrected chi connectivity index (χ2v) is 6.30. The molecule has 2 amide bonds. The number of aromatic amines is 1. The first kappa shape index (κ1) is 15.4. The number of H-pyrrole nitrogens is 1. The van der Waals surface area contributed by atoms with Gasteiger partial charge in [0.05, 0.1) is 30.0 Å². The maximum Gasteiger partial charge on any atom is 0.252 e. The molecular formula is C19H18N4O2. The van der Waals surface area contributed by atoms with Gasteiger partial charge in [-0.05, 0) is 36.2 Å². The van der Waals surface area contributed by atoms with Gasteiger partial charge in [0.2, 0.25) is 5.91 Å². The van der Waals surface area contributed by atoms with E-state index in [4.69, 9.17) is 0 Å². The Balaban J connectivity index is 1.40. The van der Waals surface area contributed by atoms with Gasteiger partial charge >= 0.3 is 0 Å². The normalized spacial score (nSPS) is 15.9. The topological polar surface area (TPSA) is 86.9 Å². The molecule has 2 aromatic carbocycles. The van der Waals surface area contributed by atoms with Crippen molar-refractivity contribution in [3.8, 4) is 0 Å². The van der Waals surface area contributed by atoms with Crippen LogP contribution in [-0.2, 0) is 11.3 Å². The van der Waals surface area contributed by atoms with Crippen LogP contribution in [0.15, 0.2) is 42.5 Å². The van der Waals surface area contributed by atoms with Gasteiger partial charge in [-0.25, -0.2) is 4.98 Å². The van der Waals surface area contributed by atoms with Crippen LogP contribution in [0, 0.1) is 6.92 Å². The molecule has 3 N–H and O–H groups in total. The van der Waals surface area contributed by atoms with E-state index in [1.54, 1.807) is 6.07 Å². The molecule has 6 heteroatoms. The van der Waals surface area contributed by atoms with E-state index in [0.717, 1.165) is 22.2 Å². The average molecular weight is 334 g/mol. The van der Waals surface area contributed by atoms with Crippen LogP contribution in [0.2, 0.25) is 0 Å². The Morgan fingerprint density at radius 3 is 2.96 bits per heavy atom. The quantitative estimate of drug-likeness (QED) is 0.684. The minimum Gasteiger partial charge on any atom is -0.349 e. The van der Waals surface area contributed by atoms with Crippen LogP contribution in [0.5, 0.6) is 0 Å². The molecule has 2 heterocycles. The van der Waals surface area contributed by atoms with E-state index >= 15 is 0 Å². The van der Waals surface area contributed by atoms with Gasteiger partial charge in [0.25, 0.3) is 5.91 Å². The number of carbonyl (C=O) groups is 2. The Hall–Kier alpha value is -3.15. The number of hydrogen-bond donors (Lipinski definition) is 3. The zero-order valence-corrected chi connectivity index (χ0v) is 13.8. The van der Waals surface area contributed by atoms with E-state index in [0.29, 0.717) is 17.9 Å². The molecule has 0 bridgehead atoms. The molecular weight excluding hydrogens is 316 g/mol. The number of benzene rings is 2. The van der Waals surface area contributed by atoms with Crippen LogP contribution < -0.4 is 10.6 Å². The molecule has 0 unspecified atom stereocenters. The first-order valence-corrected chi connectivity index (χ1v) is 8.22. The number of aromatic nitrogens is 2. The molecule has 1 aromatic heterocycles. The molecule has 6 nitrogen and oxygen atoms in total. The summed E-state index contributed by atoms with van der Waals surface area (Å²) in [5.41, 5.74) is 4.52. The standard InChI is InChI=1S/C19H18N4O2/c1-11-6-7-14-16(8-11)22-17(21-14)10-20-18(24)9-15-12-4-2-3-5-13(12)19(25)23-15/h2-8,15H,9-10H2,1H3,(H,20,24)(H,21,22)(H,23,25)/t15-/m1/s1. The fraction of sp³-hybridized carbons (Fsp3) is 0.211. The Bertz CT molecular complexity index is 976. The average Bonchev–Trinajstić information content (AvgIpc) is 3.14. The van der Waals surface area contributed by atoms with Crippen LogP contribution in [0.1, 0.15) is 39.8 Å². The molecule has 1 atom stereocenters. The molecule has 0 aliphatic carbocycles. The van der Waals surface area contributed by atoms with E-state index < -0.39 is 0 Å². The monoisotopic (exact) mass is 334 g/mol. The van der Waals surface area contributed by atoms with E-state index in [-0.39, 0.29) is 24.3 Å². The van der Waals surface area contributed by atoms with Gasteiger partial charge in [-0.2, -0.15) is 0 Å². The van der Waals surface area contributed by atoms with Crippen LogP contribution in [-0.4, -0.2) is 21.8 Å². The molecule has 126 valence electrons. The Morgan fingerprint density at radius 2 is 2.08 bits per heavy atom. The highest BCUT2D eigenvalue weighted by molar-refractivity contribution is 5.99. The smallest absolute Gasteiger partial charge is 0.252 e. The van der Waals surface area contributed by atoms with E-state index in [1.807, 2.05) is 43.3 Å². The van der Waals surface area contributed by atoms with E-state index in [1.165, 1.54) is 0 Å². The van der Waals surface area contributed by atoms with Gasteiger partial charge < -0.3 is 15.6 Å². The molecule has 0 saturated carbocycles. The Kier molecular flexibility index (Phi) is 3.72. The first-order chi connectivity index (χ1) is 12.1. The highest BCUT2D eigenvalue weighted by atomic mass is 16.2. The largest absolute Gasteiger partial charge is 0.349 e. The van der Waals surface area contributed by atoms with Crippen molar-refractivity contribution < 1.29 is 9.59 Å².